The fraction of sp³-hybridized carbons (Fsp3) is 0.455. The third kappa shape index (κ3) is 12.1. The predicted octanol–water partition coefficient (Wildman–Crippen LogP) is 5.84. The number of nitrogens with zero attached hydrogens (tertiary/aromatic N) is 3. The number of hydrogen-bond acceptors (Lipinski definition) is 7. The van der Waals surface area contributed by atoms with Gasteiger partial charge in [-0.15, -0.1) is 0 Å². The standard InChI is InChI=1S/C33H41F4IN6O6/c1-32(2,3)27(40-30(47)48)28(46)42-43(16-21-22(34)14-19(15-23(21)35)24-11-12-44(41-24)29(36)37)17-26(45)25(39-31(49)50-33(4,5)6)13-18-7-9-20(38)10-8-18/h7-12,14-15,25-27,29,40,45H,13,16-17H2,1-6H3,(H,39,49)(H,42,46)(H,47,48)/t25-,26-,27+/m0/s1. The first kappa shape index (κ1) is 40.5. The number of aromatic nitrogens is 2. The Morgan fingerprint density at radius 1 is 1.00 bits per heavy atom. The molecule has 12 nitrogen and oxygen atoms in total. The first-order valence-electron chi connectivity index (χ1n) is 15.4. The Kier molecular flexibility index (Phi) is 13.6. The molecule has 0 unspecified atom stereocenters. The second kappa shape index (κ2) is 16.8. The molecule has 0 saturated carbocycles. The second-order valence-electron chi connectivity index (χ2n) is 13.6. The third-order valence-corrected chi connectivity index (χ3v) is 7.92. The summed E-state index contributed by atoms with van der Waals surface area (Å²) in [4.78, 5) is 37.8. The fourth-order valence-corrected chi connectivity index (χ4v) is 5.19. The molecule has 0 radical (unpaired) electrons. The summed E-state index contributed by atoms with van der Waals surface area (Å²) in [5, 5.41) is 30.3. The lowest BCUT2D eigenvalue weighted by Crippen LogP contribution is -2.59. The highest BCUT2D eigenvalue weighted by Gasteiger charge is 2.35. The van der Waals surface area contributed by atoms with Gasteiger partial charge in [-0.3, -0.25) is 10.2 Å². The van der Waals surface area contributed by atoms with Crippen LogP contribution in [-0.4, -0.2) is 73.4 Å². The molecule has 1 aromatic heterocycles. The van der Waals surface area contributed by atoms with Gasteiger partial charge in [0.2, 0.25) is 0 Å². The molecule has 0 saturated heterocycles. The molecule has 17 heteroatoms. The van der Waals surface area contributed by atoms with Gasteiger partial charge in [0.1, 0.15) is 23.3 Å². The molecule has 3 atom stereocenters. The molecule has 3 aromatic rings. The van der Waals surface area contributed by atoms with Crippen molar-refractivity contribution >= 4 is 40.7 Å². The molecule has 274 valence electrons. The van der Waals surface area contributed by atoms with E-state index in [2.05, 4.69) is 43.7 Å². The van der Waals surface area contributed by atoms with E-state index >= 15 is 8.78 Å². The maximum Gasteiger partial charge on any atom is 0.407 e. The van der Waals surface area contributed by atoms with Crippen LogP contribution >= 0.6 is 22.6 Å². The highest BCUT2D eigenvalue weighted by molar-refractivity contribution is 14.1. The summed E-state index contributed by atoms with van der Waals surface area (Å²) in [6, 6.07) is 7.80. The van der Waals surface area contributed by atoms with Crippen LogP contribution in [0, 0.1) is 20.6 Å². The van der Waals surface area contributed by atoms with E-state index in [0.29, 0.717) is 4.68 Å². The van der Waals surface area contributed by atoms with E-state index in [-0.39, 0.29) is 17.7 Å². The zero-order chi connectivity index (χ0) is 37.6. The predicted molar refractivity (Wildman–Crippen MR) is 184 cm³/mol. The van der Waals surface area contributed by atoms with Crippen LogP contribution in [0.15, 0.2) is 48.7 Å². The van der Waals surface area contributed by atoms with Gasteiger partial charge in [-0.1, -0.05) is 32.9 Å². The van der Waals surface area contributed by atoms with Gasteiger partial charge >= 0.3 is 18.7 Å². The zero-order valence-corrected chi connectivity index (χ0v) is 30.5. The monoisotopic (exact) mass is 820 g/mol. The van der Waals surface area contributed by atoms with Crippen molar-refractivity contribution in [3.8, 4) is 11.3 Å². The molecule has 50 heavy (non-hydrogen) atoms. The number of rotatable bonds is 13. The Bertz CT molecular complexity index is 1620. The Hall–Kier alpha value is -3.97. The van der Waals surface area contributed by atoms with E-state index in [0.717, 1.165) is 38.5 Å². The van der Waals surface area contributed by atoms with Crippen LogP contribution in [0.3, 0.4) is 0 Å². The molecule has 0 spiro atoms. The highest BCUT2D eigenvalue weighted by Crippen LogP contribution is 2.26. The zero-order valence-electron chi connectivity index (χ0n) is 28.3. The number of ether oxygens (including phenoxy) is 1. The molecular formula is C33H41F4IN6O6. The van der Waals surface area contributed by atoms with Gasteiger partial charge in [-0.2, -0.15) is 13.9 Å². The number of hydrazine groups is 1. The van der Waals surface area contributed by atoms with Gasteiger partial charge in [0.25, 0.3) is 5.91 Å². The average molecular weight is 821 g/mol. The van der Waals surface area contributed by atoms with Crippen LogP contribution in [0.2, 0.25) is 0 Å². The van der Waals surface area contributed by atoms with Crippen molar-refractivity contribution in [3.63, 3.8) is 0 Å². The van der Waals surface area contributed by atoms with Crippen LogP contribution in [0.4, 0.5) is 27.2 Å². The van der Waals surface area contributed by atoms with Crippen molar-refractivity contribution in [1.29, 1.82) is 0 Å². The Morgan fingerprint density at radius 3 is 2.10 bits per heavy atom. The molecule has 0 fully saturated rings. The SMILES string of the molecule is CC(C)(C)OC(=O)N[C@@H](Cc1ccc(I)cc1)[C@@H](O)CN(Cc1c(F)cc(-c2ccn(C(F)F)n2)cc1F)NC(=O)[C@@H](NC(=O)O)C(C)(C)C. The Morgan fingerprint density at radius 2 is 1.60 bits per heavy atom. The Balaban J connectivity index is 1.99. The van der Waals surface area contributed by atoms with Crippen molar-refractivity contribution in [1.82, 2.24) is 30.8 Å². The summed E-state index contributed by atoms with van der Waals surface area (Å²) in [5.41, 5.74) is 0.551. The minimum Gasteiger partial charge on any atom is -0.465 e. The van der Waals surface area contributed by atoms with E-state index in [4.69, 9.17) is 4.74 Å². The molecule has 3 amide bonds. The number of aliphatic hydroxyl groups is 1. The van der Waals surface area contributed by atoms with Gasteiger partial charge in [0.15, 0.2) is 0 Å². The lowest BCUT2D eigenvalue weighted by molar-refractivity contribution is -0.131. The van der Waals surface area contributed by atoms with E-state index in [1.165, 1.54) is 0 Å². The van der Waals surface area contributed by atoms with Crippen molar-refractivity contribution in [2.75, 3.05) is 6.54 Å². The van der Waals surface area contributed by atoms with Crippen molar-refractivity contribution in [2.45, 2.75) is 84.8 Å². The molecule has 2 aromatic carbocycles. The summed E-state index contributed by atoms with van der Waals surface area (Å²) in [7, 11) is 0. The molecule has 0 aliphatic carbocycles. The molecule has 0 bridgehead atoms. The number of carbonyl (C=O) groups excluding carboxylic acids is 2. The molecule has 1 heterocycles. The molecule has 0 aliphatic rings. The van der Waals surface area contributed by atoms with Crippen molar-refractivity contribution in [3.05, 3.63) is 75.0 Å². The number of carbonyl (C=O) groups is 3. The normalized spacial score (nSPS) is 13.9. The van der Waals surface area contributed by atoms with E-state index in [1.807, 2.05) is 12.1 Å². The van der Waals surface area contributed by atoms with Crippen molar-refractivity contribution < 1.29 is 46.9 Å². The number of benzene rings is 2. The van der Waals surface area contributed by atoms with Gasteiger partial charge in [0.05, 0.1) is 17.8 Å². The number of nitrogens with one attached hydrogen (secondary N) is 3. The summed E-state index contributed by atoms with van der Waals surface area (Å²) in [5.74, 6) is -3.12. The summed E-state index contributed by atoms with van der Waals surface area (Å²) in [6.07, 6.45) is -2.79. The Labute approximate surface area is 300 Å². The van der Waals surface area contributed by atoms with Crippen LogP contribution in [0.5, 0.6) is 0 Å². The lowest BCUT2D eigenvalue weighted by atomic mass is 9.86. The highest BCUT2D eigenvalue weighted by atomic mass is 127. The van der Waals surface area contributed by atoms with Crippen LogP contribution in [0.1, 0.15) is 59.2 Å². The number of aliphatic hydroxyl groups excluding tert-OH is 1. The topological polar surface area (TPSA) is 158 Å². The van der Waals surface area contributed by atoms with E-state index in [1.54, 1.807) is 53.7 Å². The maximum absolute atomic E-state index is 15.5. The number of halogens is 5. The van der Waals surface area contributed by atoms with Gasteiger partial charge in [0, 0.05) is 34.0 Å². The van der Waals surface area contributed by atoms with Crippen LogP contribution in [0.25, 0.3) is 11.3 Å². The quantitative estimate of drug-likeness (QED) is 0.0818. The summed E-state index contributed by atoms with van der Waals surface area (Å²) >= 11 is 2.12. The largest absolute Gasteiger partial charge is 0.465 e. The fourth-order valence-electron chi connectivity index (χ4n) is 4.83. The lowest BCUT2D eigenvalue weighted by Gasteiger charge is -2.34. The first-order chi connectivity index (χ1) is 23.1. The summed E-state index contributed by atoms with van der Waals surface area (Å²) in [6.45, 7) is 5.61. The minimum atomic E-state index is -2.96. The van der Waals surface area contributed by atoms with Gasteiger partial charge in [-0.05, 0) is 91.1 Å². The average Bonchev–Trinajstić information content (AvgIpc) is 3.48. The third-order valence-electron chi connectivity index (χ3n) is 7.20. The smallest absolute Gasteiger partial charge is 0.407 e. The van der Waals surface area contributed by atoms with Gasteiger partial charge < -0.3 is 25.6 Å². The maximum atomic E-state index is 15.5. The van der Waals surface area contributed by atoms with Crippen LogP contribution in [-0.2, 0) is 22.5 Å². The number of carboxylic acid groups (broad SMARTS) is 1. The molecule has 3 rings (SSSR count). The van der Waals surface area contributed by atoms with E-state index < -0.39 is 84.1 Å². The molecule has 0 aliphatic heterocycles. The molecule has 5 N–H and O–H groups in total. The first-order valence-corrected chi connectivity index (χ1v) is 16.5. The van der Waals surface area contributed by atoms with E-state index in [9.17, 15) is 33.4 Å². The minimum absolute atomic E-state index is 0.0903. The summed E-state index contributed by atoms with van der Waals surface area (Å²) < 4.78 is 63.8. The number of hydrogen-bond donors (Lipinski definition) is 5. The second-order valence-corrected chi connectivity index (χ2v) is 14.9. The van der Waals surface area contributed by atoms with Crippen molar-refractivity contribution in [2.24, 2.45) is 5.41 Å². The van der Waals surface area contributed by atoms with Crippen LogP contribution < -0.4 is 16.1 Å². The van der Waals surface area contributed by atoms with Gasteiger partial charge in [-0.25, -0.2) is 28.1 Å². The number of amides is 3. The molecular weight excluding hydrogens is 779 g/mol. The number of alkyl halides is 2. The number of alkyl carbamates (subject to hydrolysis) is 1.